The van der Waals surface area contributed by atoms with Crippen LogP contribution in [0.5, 0.6) is 5.75 Å². The zero-order valence-electron chi connectivity index (χ0n) is 17.7. The number of allylic oxidation sites excluding steroid dienone is 2. The third-order valence-corrected chi connectivity index (χ3v) is 6.93. The van der Waals surface area contributed by atoms with Gasteiger partial charge in [0.2, 0.25) is 0 Å². The summed E-state index contributed by atoms with van der Waals surface area (Å²) in [6.45, 7) is 5.30. The topological polar surface area (TPSA) is 9.23 Å². The molecule has 2 aliphatic rings. The van der Waals surface area contributed by atoms with Crippen LogP contribution in [0, 0.1) is 17.8 Å². The van der Waals surface area contributed by atoms with Crippen molar-refractivity contribution in [1.29, 1.82) is 0 Å². The van der Waals surface area contributed by atoms with Gasteiger partial charge in [-0.05, 0) is 86.8 Å². The standard InChI is InChI=1S/C26H40O/c1-3-5-21-8-14-24(15-9-21)25-16-10-22(11-17-25)6-7-23-12-18-26(19-13-23)27-20-4-2/h10,12-13,18-19,21,24-25H,3-9,11,14-17,20H2,1-2H3. The predicted octanol–water partition coefficient (Wildman–Crippen LogP) is 7.74. The van der Waals surface area contributed by atoms with Crippen LogP contribution in [0.4, 0.5) is 0 Å². The van der Waals surface area contributed by atoms with Crippen molar-refractivity contribution in [3.63, 3.8) is 0 Å². The minimum atomic E-state index is 0.813. The first kappa shape index (κ1) is 20.5. The molecule has 1 saturated carbocycles. The molecular weight excluding hydrogens is 328 g/mol. The molecule has 27 heavy (non-hydrogen) atoms. The molecule has 1 aromatic rings. The normalized spacial score (nSPS) is 25.9. The van der Waals surface area contributed by atoms with E-state index in [1.54, 1.807) is 5.57 Å². The molecule has 1 fully saturated rings. The van der Waals surface area contributed by atoms with Gasteiger partial charge in [-0.15, -0.1) is 0 Å². The van der Waals surface area contributed by atoms with Crippen molar-refractivity contribution in [3.05, 3.63) is 41.5 Å². The van der Waals surface area contributed by atoms with Crippen LogP contribution in [0.25, 0.3) is 0 Å². The molecule has 0 amide bonds. The Kier molecular flexibility index (Phi) is 8.30. The van der Waals surface area contributed by atoms with Crippen molar-refractivity contribution in [3.8, 4) is 5.75 Å². The quantitative estimate of drug-likeness (QED) is 0.405. The highest BCUT2D eigenvalue weighted by molar-refractivity contribution is 5.28. The van der Waals surface area contributed by atoms with Crippen LogP contribution < -0.4 is 4.74 Å². The fraction of sp³-hybridized carbons (Fsp3) is 0.692. The van der Waals surface area contributed by atoms with Crippen LogP contribution in [-0.2, 0) is 6.42 Å². The lowest BCUT2D eigenvalue weighted by Gasteiger charge is -2.35. The highest BCUT2D eigenvalue weighted by Gasteiger charge is 2.28. The fourth-order valence-electron chi connectivity index (χ4n) is 5.20. The summed E-state index contributed by atoms with van der Waals surface area (Å²) < 4.78 is 5.68. The molecule has 0 heterocycles. The molecule has 0 aromatic heterocycles. The van der Waals surface area contributed by atoms with Crippen LogP contribution in [0.15, 0.2) is 35.9 Å². The second kappa shape index (κ2) is 10.9. The zero-order chi connectivity index (χ0) is 18.9. The average molecular weight is 369 g/mol. The Hall–Kier alpha value is -1.24. The number of hydrogen-bond acceptors (Lipinski definition) is 1. The van der Waals surface area contributed by atoms with E-state index in [0.29, 0.717) is 0 Å². The van der Waals surface area contributed by atoms with Gasteiger partial charge in [0.05, 0.1) is 6.61 Å². The van der Waals surface area contributed by atoms with Crippen molar-refractivity contribution < 1.29 is 4.74 Å². The minimum absolute atomic E-state index is 0.813. The van der Waals surface area contributed by atoms with Crippen molar-refractivity contribution in [2.75, 3.05) is 6.61 Å². The average Bonchev–Trinajstić information content (AvgIpc) is 2.73. The van der Waals surface area contributed by atoms with Gasteiger partial charge < -0.3 is 4.74 Å². The van der Waals surface area contributed by atoms with Gasteiger partial charge in [-0.2, -0.15) is 0 Å². The van der Waals surface area contributed by atoms with Crippen molar-refractivity contribution in [1.82, 2.24) is 0 Å². The van der Waals surface area contributed by atoms with Crippen molar-refractivity contribution in [2.24, 2.45) is 17.8 Å². The summed E-state index contributed by atoms with van der Waals surface area (Å²) in [5, 5.41) is 0. The minimum Gasteiger partial charge on any atom is -0.494 e. The molecule has 0 aliphatic heterocycles. The molecule has 150 valence electrons. The second-order valence-corrected chi connectivity index (χ2v) is 8.96. The van der Waals surface area contributed by atoms with Gasteiger partial charge in [0, 0.05) is 0 Å². The molecule has 1 atom stereocenters. The van der Waals surface area contributed by atoms with Crippen LogP contribution in [0.1, 0.15) is 90.0 Å². The second-order valence-electron chi connectivity index (χ2n) is 8.96. The lowest BCUT2D eigenvalue weighted by atomic mass is 9.70. The summed E-state index contributed by atoms with van der Waals surface area (Å²) in [5.41, 5.74) is 3.15. The zero-order valence-corrected chi connectivity index (χ0v) is 17.7. The van der Waals surface area contributed by atoms with Gasteiger partial charge in [-0.3, -0.25) is 0 Å². The maximum atomic E-state index is 5.68. The van der Waals surface area contributed by atoms with Gasteiger partial charge in [0.15, 0.2) is 0 Å². The molecule has 0 saturated heterocycles. The Morgan fingerprint density at radius 1 is 0.852 bits per heavy atom. The van der Waals surface area contributed by atoms with E-state index in [1.807, 2.05) is 0 Å². The van der Waals surface area contributed by atoms with E-state index < -0.39 is 0 Å². The first-order chi connectivity index (χ1) is 13.3. The first-order valence-electron chi connectivity index (χ1n) is 11.7. The lowest BCUT2D eigenvalue weighted by Crippen LogP contribution is -2.23. The predicted molar refractivity (Wildman–Crippen MR) is 116 cm³/mol. The largest absolute Gasteiger partial charge is 0.494 e. The first-order valence-corrected chi connectivity index (χ1v) is 11.7. The smallest absolute Gasteiger partial charge is 0.119 e. The molecule has 1 aromatic carbocycles. The summed E-state index contributed by atoms with van der Waals surface area (Å²) in [5.74, 6) is 4.05. The van der Waals surface area contributed by atoms with E-state index in [4.69, 9.17) is 4.74 Å². The van der Waals surface area contributed by atoms with E-state index >= 15 is 0 Å². The van der Waals surface area contributed by atoms with E-state index in [-0.39, 0.29) is 0 Å². The van der Waals surface area contributed by atoms with Crippen LogP contribution in [0.2, 0.25) is 0 Å². The van der Waals surface area contributed by atoms with Crippen molar-refractivity contribution >= 4 is 0 Å². The Morgan fingerprint density at radius 3 is 2.26 bits per heavy atom. The Bertz CT molecular complexity index is 562. The number of ether oxygens (including phenoxy) is 1. The highest BCUT2D eigenvalue weighted by Crippen LogP contribution is 2.41. The SMILES string of the molecule is CCCOc1ccc(CCC2=CCC(C3CCC(CCC)CC3)CC2)cc1. The van der Waals surface area contributed by atoms with Crippen LogP contribution in [0.3, 0.4) is 0 Å². The van der Waals surface area contributed by atoms with E-state index in [0.717, 1.165) is 36.5 Å². The van der Waals surface area contributed by atoms with Gasteiger partial charge >= 0.3 is 0 Å². The van der Waals surface area contributed by atoms with Gasteiger partial charge in [0.25, 0.3) is 0 Å². The summed E-state index contributed by atoms with van der Waals surface area (Å²) in [4.78, 5) is 0. The van der Waals surface area contributed by atoms with E-state index in [1.165, 1.54) is 76.2 Å². The number of hydrogen-bond donors (Lipinski definition) is 0. The molecule has 3 rings (SSSR count). The van der Waals surface area contributed by atoms with Crippen LogP contribution in [-0.4, -0.2) is 6.61 Å². The Labute approximate surface area is 167 Å². The molecule has 1 unspecified atom stereocenters. The summed E-state index contributed by atoms with van der Waals surface area (Å²) in [6.07, 6.45) is 19.1. The lowest BCUT2D eigenvalue weighted by molar-refractivity contribution is 0.186. The number of aryl methyl sites for hydroxylation is 1. The van der Waals surface area contributed by atoms with E-state index in [9.17, 15) is 0 Å². The molecule has 0 radical (unpaired) electrons. The van der Waals surface area contributed by atoms with Gasteiger partial charge in [-0.25, -0.2) is 0 Å². The third kappa shape index (κ3) is 6.40. The number of rotatable bonds is 9. The molecule has 1 nitrogen and oxygen atoms in total. The highest BCUT2D eigenvalue weighted by atomic mass is 16.5. The Balaban J connectivity index is 1.39. The van der Waals surface area contributed by atoms with Crippen LogP contribution >= 0.6 is 0 Å². The van der Waals surface area contributed by atoms with Crippen molar-refractivity contribution in [2.45, 2.75) is 90.9 Å². The molecule has 1 heteroatoms. The van der Waals surface area contributed by atoms with Gasteiger partial charge in [0.1, 0.15) is 5.75 Å². The third-order valence-electron chi connectivity index (χ3n) is 6.93. The van der Waals surface area contributed by atoms with E-state index in [2.05, 4.69) is 44.2 Å². The van der Waals surface area contributed by atoms with Gasteiger partial charge in [-0.1, -0.05) is 63.3 Å². The summed E-state index contributed by atoms with van der Waals surface area (Å²) in [6, 6.07) is 8.74. The summed E-state index contributed by atoms with van der Waals surface area (Å²) in [7, 11) is 0. The monoisotopic (exact) mass is 368 g/mol. The Morgan fingerprint density at radius 2 is 1.63 bits per heavy atom. The molecule has 0 N–H and O–H groups in total. The maximum Gasteiger partial charge on any atom is 0.119 e. The number of benzene rings is 1. The maximum absolute atomic E-state index is 5.68. The molecule has 0 bridgehead atoms. The molecule has 2 aliphatic carbocycles. The molecule has 0 spiro atoms. The summed E-state index contributed by atoms with van der Waals surface area (Å²) >= 11 is 0. The molecular formula is C26H40O. The fourth-order valence-corrected chi connectivity index (χ4v) is 5.20.